The van der Waals surface area contributed by atoms with Crippen LogP contribution in [0.1, 0.15) is 18.0 Å². The molecule has 2 N–H and O–H groups in total. The molecule has 5 heteroatoms. The maximum atomic E-state index is 6.08. The molecule has 0 bridgehead atoms. The predicted molar refractivity (Wildman–Crippen MR) is 65.3 cm³/mol. The van der Waals surface area contributed by atoms with Crippen molar-refractivity contribution >= 4 is 43.2 Å². The van der Waals surface area contributed by atoms with Crippen molar-refractivity contribution in [2.75, 3.05) is 6.61 Å². The standard InChI is InChI=1S/C9H9Br2NOS/c10-7-4-5(9(11)14-7)8(12)6-2-1-3-13-6/h2,4,8H,1,3,12H2. The Morgan fingerprint density at radius 2 is 2.29 bits per heavy atom. The molecule has 2 heterocycles. The quantitative estimate of drug-likeness (QED) is 0.894. The molecular weight excluding hydrogens is 330 g/mol. The van der Waals surface area contributed by atoms with E-state index in [4.69, 9.17) is 10.5 Å². The fourth-order valence-electron chi connectivity index (χ4n) is 1.37. The molecule has 0 spiro atoms. The average molecular weight is 339 g/mol. The second-order valence-corrected chi connectivity index (χ2v) is 6.75. The zero-order valence-corrected chi connectivity index (χ0v) is 11.3. The minimum absolute atomic E-state index is 0.144. The van der Waals surface area contributed by atoms with E-state index < -0.39 is 0 Å². The van der Waals surface area contributed by atoms with Gasteiger partial charge in [-0.3, -0.25) is 0 Å². The first-order valence-electron chi connectivity index (χ1n) is 4.21. The lowest BCUT2D eigenvalue weighted by atomic mass is 10.1. The third-order valence-corrected chi connectivity index (χ3v) is 4.44. The van der Waals surface area contributed by atoms with E-state index >= 15 is 0 Å². The number of nitrogens with two attached hydrogens (primary N) is 1. The lowest BCUT2D eigenvalue weighted by Gasteiger charge is -2.12. The summed E-state index contributed by atoms with van der Waals surface area (Å²) >= 11 is 8.55. The van der Waals surface area contributed by atoms with E-state index in [0.717, 1.165) is 31.9 Å². The Balaban J connectivity index is 2.25. The van der Waals surface area contributed by atoms with Gasteiger partial charge in [-0.1, -0.05) is 0 Å². The number of hydrogen-bond acceptors (Lipinski definition) is 3. The van der Waals surface area contributed by atoms with E-state index in [0.29, 0.717) is 0 Å². The van der Waals surface area contributed by atoms with Gasteiger partial charge in [0.05, 0.1) is 20.2 Å². The van der Waals surface area contributed by atoms with Gasteiger partial charge in [-0.15, -0.1) is 11.3 Å². The van der Waals surface area contributed by atoms with Crippen LogP contribution in [0.5, 0.6) is 0 Å². The van der Waals surface area contributed by atoms with Gasteiger partial charge in [-0.05, 0) is 44.0 Å². The van der Waals surface area contributed by atoms with Gasteiger partial charge in [-0.2, -0.15) is 0 Å². The molecule has 1 atom stereocenters. The van der Waals surface area contributed by atoms with Crippen molar-refractivity contribution in [3.63, 3.8) is 0 Å². The van der Waals surface area contributed by atoms with Crippen LogP contribution in [0.25, 0.3) is 0 Å². The minimum Gasteiger partial charge on any atom is -0.496 e. The molecule has 0 aromatic carbocycles. The second kappa shape index (κ2) is 4.35. The van der Waals surface area contributed by atoms with Gasteiger partial charge in [-0.25, -0.2) is 0 Å². The molecule has 76 valence electrons. The molecule has 1 aliphatic rings. The number of thiophene rings is 1. The summed E-state index contributed by atoms with van der Waals surface area (Å²) in [6.07, 6.45) is 3.02. The van der Waals surface area contributed by atoms with Gasteiger partial charge in [0, 0.05) is 12.0 Å². The molecule has 1 aromatic rings. The van der Waals surface area contributed by atoms with Crippen LogP contribution >= 0.6 is 43.2 Å². The first kappa shape index (κ1) is 10.7. The smallest absolute Gasteiger partial charge is 0.113 e. The summed E-state index contributed by atoms with van der Waals surface area (Å²) in [6, 6.07) is 1.89. The van der Waals surface area contributed by atoms with Gasteiger partial charge in [0.1, 0.15) is 5.76 Å². The number of rotatable bonds is 2. The van der Waals surface area contributed by atoms with E-state index in [1.807, 2.05) is 6.07 Å². The zero-order valence-electron chi connectivity index (χ0n) is 7.30. The molecule has 1 aromatic heterocycles. The minimum atomic E-state index is -0.144. The highest BCUT2D eigenvalue weighted by Gasteiger charge is 2.20. The van der Waals surface area contributed by atoms with E-state index in [1.54, 1.807) is 11.3 Å². The molecule has 1 unspecified atom stereocenters. The van der Waals surface area contributed by atoms with Crippen molar-refractivity contribution in [1.29, 1.82) is 0 Å². The number of ether oxygens (including phenoxy) is 1. The maximum Gasteiger partial charge on any atom is 0.113 e. The summed E-state index contributed by atoms with van der Waals surface area (Å²) in [7, 11) is 0. The average Bonchev–Trinajstić information content (AvgIpc) is 2.73. The highest BCUT2D eigenvalue weighted by Crippen LogP contribution is 2.37. The molecule has 14 heavy (non-hydrogen) atoms. The van der Waals surface area contributed by atoms with Crippen molar-refractivity contribution in [2.45, 2.75) is 12.5 Å². The molecule has 0 radical (unpaired) electrons. The van der Waals surface area contributed by atoms with Gasteiger partial charge >= 0.3 is 0 Å². The van der Waals surface area contributed by atoms with Crippen molar-refractivity contribution in [2.24, 2.45) is 5.73 Å². The largest absolute Gasteiger partial charge is 0.496 e. The molecule has 2 rings (SSSR count). The van der Waals surface area contributed by atoms with Crippen LogP contribution in [-0.4, -0.2) is 6.61 Å². The molecule has 1 aliphatic heterocycles. The van der Waals surface area contributed by atoms with Crippen molar-refractivity contribution in [1.82, 2.24) is 0 Å². The predicted octanol–water partition coefficient (Wildman–Crippen LogP) is 3.58. The van der Waals surface area contributed by atoms with Crippen LogP contribution in [0.3, 0.4) is 0 Å². The summed E-state index contributed by atoms with van der Waals surface area (Å²) in [5, 5.41) is 0. The Morgan fingerprint density at radius 3 is 2.79 bits per heavy atom. The molecule has 0 saturated heterocycles. The Morgan fingerprint density at radius 1 is 1.50 bits per heavy atom. The van der Waals surface area contributed by atoms with Crippen LogP contribution in [0.2, 0.25) is 0 Å². The Bertz CT molecular complexity index is 375. The van der Waals surface area contributed by atoms with E-state index in [9.17, 15) is 0 Å². The first-order valence-corrected chi connectivity index (χ1v) is 6.62. The third-order valence-electron chi connectivity index (χ3n) is 2.06. The summed E-state index contributed by atoms with van der Waals surface area (Å²) in [5.74, 6) is 0.885. The number of hydrogen-bond donors (Lipinski definition) is 1. The molecular formula is C9H9Br2NOS. The molecule has 0 saturated carbocycles. The van der Waals surface area contributed by atoms with Crippen LogP contribution < -0.4 is 5.73 Å². The summed E-state index contributed by atoms with van der Waals surface area (Å²) in [5.41, 5.74) is 7.16. The fourth-order valence-corrected chi connectivity index (χ4v) is 4.30. The van der Waals surface area contributed by atoms with Crippen LogP contribution in [0.4, 0.5) is 0 Å². The zero-order chi connectivity index (χ0) is 10.1. The van der Waals surface area contributed by atoms with Gasteiger partial charge in [0.15, 0.2) is 0 Å². The Kier molecular flexibility index (Phi) is 3.31. The monoisotopic (exact) mass is 337 g/mol. The maximum absolute atomic E-state index is 6.08. The van der Waals surface area contributed by atoms with E-state index in [1.165, 1.54) is 0 Å². The second-order valence-electron chi connectivity index (χ2n) is 3.00. The topological polar surface area (TPSA) is 35.2 Å². The molecule has 0 fully saturated rings. The summed E-state index contributed by atoms with van der Waals surface area (Å²) in [4.78, 5) is 0. The Labute approximate surface area is 103 Å². The van der Waals surface area contributed by atoms with Gasteiger partial charge in [0.25, 0.3) is 0 Å². The molecule has 0 aliphatic carbocycles. The normalized spacial score (nSPS) is 17.8. The van der Waals surface area contributed by atoms with Crippen LogP contribution in [-0.2, 0) is 4.74 Å². The van der Waals surface area contributed by atoms with E-state index in [2.05, 4.69) is 37.9 Å². The third kappa shape index (κ3) is 2.05. The van der Waals surface area contributed by atoms with Gasteiger partial charge in [0.2, 0.25) is 0 Å². The summed E-state index contributed by atoms with van der Waals surface area (Å²) < 4.78 is 7.58. The van der Waals surface area contributed by atoms with Crippen molar-refractivity contribution in [3.8, 4) is 0 Å². The van der Waals surface area contributed by atoms with Crippen molar-refractivity contribution in [3.05, 3.63) is 31.0 Å². The highest BCUT2D eigenvalue weighted by molar-refractivity contribution is 9.12. The summed E-state index contributed by atoms with van der Waals surface area (Å²) in [6.45, 7) is 0.756. The lowest BCUT2D eigenvalue weighted by Crippen LogP contribution is -2.13. The van der Waals surface area contributed by atoms with Gasteiger partial charge < -0.3 is 10.5 Å². The molecule has 0 amide bonds. The van der Waals surface area contributed by atoms with Crippen LogP contribution in [0, 0.1) is 0 Å². The molecule has 2 nitrogen and oxygen atoms in total. The van der Waals surface area contributed by atoms with Crippen LogP contribution in [0.15, 0.2) is 25.5 Å². The SMILES string of the molecule is NC(C1=CCCO1)c1cc(Br)sc1Br. The first-order chi connectivity index (χ1) is 6.68. The lowest BCUT2D eigenvalue weighted by molar-refractivity contribution is 0.225. The fraction of sp³-hybridized carbons (Fsp3) is 0.333. The number of halogens is 2. The van der Waals surface area contributed by atoms with E-state index in [-0.39, 0.29) is 6.04 Å². The highest BCUT2D eigenvalue weighted by atomic mass is 79.9. The van der Waals surface area contributed by atoms with Crippen molar-refractivity contribution < 1.29 is 4.74 Å². The Hall–Kier alpha value is 0.160.